The van der Waals surface area contributed by atoms with E-state index in [-0.39, 0.29) is 23.1 Å². The molecule has 0 spiro atoms. The summed E-state index contributed by atoms with van der Waals surface area (Å²) in [5.74, 6) is -0.000232. The monoisotopic (exact) mass is 392 g/mol. The van der Waals surface area contributed by atoms with Crippen LogP contribution in [0.1, 0.15) is 30.1 Å². The van der Waals surface area contributed by atoms with E-state index in [0.29, 0.717) is 23.7 Å². The minimum atomic E-state index is -0.193. The van der Waals surface area contributed by atoms with Crippen LogP contribution in [0.15, 0.2) is 52.2 Å². The number of halogens is 1. The average molecular weight is 393 g/mol. The molecule has 0 radical (unpaired) electrons. The number of nitrogens with zero attached hydrogens (tertiary/aromatic N) is 1. The van der Waals surface area contributed by atoms with Crippen LogP contribution in [-0.2, 0) is 4.79 Å². The summed E-state index contributed by atoms with van der Waals surface area (Å²) in [7, 11) is 0. The molecule has 1 atom stereocenters. The summed E-state index contributed by atoms with van der Waals surface area (Å²) < 4.78 is 4.97. The van der Waals surface area contributed by atoms with Gasteiger partial charge in [-0.2, -0.15) is 0 Å². The maximum Gasteiger partial charge on any atom is 0.257 e. The summed E-state index contributed by atoms with van der Waals surface area (Å²) in [6, 6.07) is 9.24. The maximum atomic E-state index is 12.4. The molecule has 1 saturated heterocycles. The van der Waals surface area contributed by atoms with Crippen LogP contribution in [0, 0.1) is 0 Å². The van der Waals surface area contributed by atoms with Crippen LogP contribution in [-0.4, -0.2) is 41.1 Å². The normalized spacial score (nSPS) is 16.3. The van der Waals surface area contributed by atoms with Crippen molar-refractivity contribution in [2.24, 2.45) is 0 Å². The summed E-state index contributed by atoms with van der Waals surface area (Å²) in [4.78, 5) is 27.5. The van der Waals surface area contributed by atoms with Crippen molar-refractivity contribution in [3.05, 3.63) is 53.4 Å². The third kappa shape index (κ3) is 4.83. The van der Waals surface area contributed by atoms with Crippen molar-refractivity contribution in [1.29, 1.82) is 0 Å². The van der Waals surface area contributed by atoms with Gasteiger partial charge in [-0.05, 0) is 50.1 Å². The van der Waals surface area contributed by atoms with Crippen LogP contribution in [0.25, 0.3) is 0 Å². The molecule has 0 aliphatic carbocycles. The standard InChI is InChI=1S/C19H21ClN2O3S/c1-13(26-17-4-2-15(20)3-5-17)18(23)21-16-6-9-22(10-7-16)19(24)14-8-11-25-12-14/h2-5,8,11-13,16H,6-7,9-10H2,1H3,(H,21,23). The molecule has 1 N–H and O–H groups in total. The largest absolute Gasteiger partial charge is 0.472 e. The highest BCUT2D eigenvalue weighted by molar-refractivity contribution is 8.00. The van der Waals surface area contributed by atoms with E-state index in [4.69, 9.17) is 16.0 Å². The Morgan fingerprint density at radius 1 is 1.23 bits per heavy atom. The Balaban J connectivity index is 1.45. The van der Waals surface area contributed by atoms with E-state index in [0.717, 1.165) is 17.7 Å². The Bertz CT molecular complexity index is 741. The zero-order chi connectivity index (χ0) is 18.5. The number of piperidine rings is 1. The number of carbonyl (C=O) groups is 2. The topological polar surface area (TPSA) is 62.6 Å². The Morgan fingerprint density at radius 3 is 2.54 bits per heavy atom. The molecule has 1 unspecified atom stereocenters. The zero-order valence-corrected chi connectivity index (χ0v) is 16.1. The number of hydrogen-bond donors (Lipinski definition) is 1. The molecule has 3 rings (SSSR count). The van der Waals surface area contributed by atoms with Crippen LogP contribution in [0.4, 0.5) is 0 Å². The number of likely N-dealkylation sites (tertiary alicyclic amines) is 1. The fourth-order valence-electron chi connectivity index (χ4n) is 2.88. The predicted molar refractivity (Wildman–Crippen MR) is 103 cm³/mol. The van der Waals surface area contributed by atoms with Crippen molar-refractivity contribution in [3.8, 4) is 0 Å². The first-order valence-electron chi connectivity index (χ1n) is 8.57. The molecule has 7 heteroatoms. The highest BCUT2D eigenvalue weighted by atomic mass is 35.5. The van der Waals surface area contributed by atoms with Gasteiger partial charge < -0.3 is 14.6 Å². The van der Waals surface area contributed by atoms with Crippen LogP contribution in [0.2, 0.25) is 5.02 Å². The molecule has 0 saturated carbocycles. The zero-order valence-electron chi connectivity index (χ0n) is 14.5. The number of amides is 2. The summed E-state index contributed by atoms with van der Waals surface area (Å²) in [6.45, 7) is 3.16. The minimum Gasteiger partial charge on any atom is -0.472 e. The molecule has 2 amide bonds. The van der Waals surface area contributed by atoms with Crippen LogP contribution in [0.5, 0.6) is 0 Å². The van der Waals surface area contributed by atoms with Gasteiger partial charge in [-0.15, -0.1) is 11.8 Å². The van der Waals surface area contributed by atoms with Gasteiger partial charge in [0.2, 0.25) is 5.91 Å². The average Bonchev–Trinajstić information content (AvgIpc) is 3.18. The van der Waals surface area contributed by atoms with Gasteiger partial charge in [0.15, 0.2) is 0 Å². The molecule has 1 fully saturated rings. The molecule has 138 valence electrons. The smallest absolute Gasteiger partial charge is 0.257 e. The first kappa shape index (κ1) is 18.9. The molecular formula is C19H21ClN2O3S. The fourth-order valence-corrected chi connectivity index (χ4v) is 3.89. The minimum absolute atomic E-state index is 0.0181. The van der Waals surface area contributed by atoms with Crippen molar-refractivity contribution in [3.63, 3.8) is 0 Å². The van der Waals surface area contributed by atoms with Gasteiger partial charge in [-0.1, -0.05) is 11.6 Å². The first-order chi connectivity index (χ1) is 12.5. The molecule has 1 aliphatic heterocycles. The van der Waals surface area contributed by atoms with E-state index < -0.39 is 0 Å². The van der Waals surface area contributed by atoms with Gasteiger partial charge in [-0.3, -0.25) is 9.59 Å². The third-order valence-corrected chi connectivity index (χ3v) is 5.76. The summed E-state index contributed by atoms with van der Waals surface area (Å²) in [5.41, 5.74) is 0.570. The van der Waals surface area contributed by atoms with E-state index in [2.05, 4.69) is 5.32 Å². The van der Waals surface area contributed by atoms with E-state index in [1.54, 1.807) is 11.0 Å². The highest BCUT2D eigenvalue weighted by Crippen LogP contribution is 2.25. The Kier molecular flexibility index (Phi) is 6.27. The molecule has 2 heterocycles. The molecule has 1 aromatic heterocycles. The van der Waals surface area contributed by atoms with Crippen LogP contribution in [0.3, 0.4) is 0 Å². The number of carbonyl (C=O) groups excluding carboxylic acids is 2. The first-order valence-corrected chi connectivity index (χ1v) is 9.83. The highest BCUT2D eigenvalue weighted by Gasteiger charge is 2.26. The van der Waals surface area contributed by atoms with Crippen molar-refractivity contribution in [2.75, 3.05) is 13.1 Å². The van der Waals surface area contributed by atoms with Crippen LogP contribution >= 0.6 is 23.4 Å². The van der Waals surface area contributed by atoms with Crippen molar-refractivity contribution >= 4 is 35.2 Å². The number of hydrogen-bond acceptors (Lipinski definition) is 4. The van der Waals surface area contributed by atoms with E-state index in [1.807, 2.05) is 31.2 Å². The number of nitrogens with one attached hydrogen (secondary N) is 1. The van der Waals surface area contributed by atoms with Crippen LogP contribution < -0.4 is 5.32 Å². The quantitative estimate of drug-likeness (QED) is 0.785. The Morgan fingerprint density at radius 2 is 1.92 bits per heavy atom. The number of benzene rings is 1. The molecule has 5 nitrogen and oxygen atoms in total. The van der Waals surface area contributed by atoms with Gasteiger partial charge in [0.05, 0.1) is 17.1 Å². The van der Waals surface area contributed by atoms with Gasteiger partial charge >= 0.3 is 0 Å². The summed E-state index contributed by atoms with van der Waals surface area (Å²) >= 11 is 7.39. The third-order valence-electron chi connectivity index (χ3n) is 4.39. The molecule has 2 aromatic rings. The van der Waals surface area contributed by atoms with E-state index >= 15 is 0 Å². The SMILES string of the molecule is CC(Sc1ccc(Cl)cc1)C(=O)NC1CCN(C(=O)c2ccoc2)CC1. The summed E-state index contributed by atoms with van der Waals surface area (Å²) in [6.07, 6.45) is 4.48. The lowest BCUT2D eigenvalue weighted by Gasteiger charge is -2.32. The van der Waals surface area contributed by atoms with E-state index in [1.165, 1.54) is 24.3 Å². The predicted octanol–water partition coefficient (Wildman–Crippen LogP) is 3.83. The van der Waals surface area contributed by atoms with Gasteiger partial charge in [0, 0.05) is 29.0 Å². The second-order valence-corrected chi connectivity index (χ2v) is 8.15. The lowest BCUT2D eigenvalue weighted by molar-refractivity contribution is -0.121. The van der Waals surface area contributed by atoms with Crippen molar-refractivity contribution in [2.45, 2.75) is 36.0 Å². The number of furan rings is 1. The summed E-state index contributed by atoms with van der Waals surface area (Å²) in [5, 5.41) is 3.59. The second kappa shape index (κ2) is 8.64. The molecule has 0 bridgehead atoms. The molecule has 1 aliphatic rings. The van der Waals surface area contributed by atoms with Gasteiger partial charge in [0.1, 0.15) is 6.26 Å². The van der Waals surface area contributed by atoms with Crippen molar-refractivity contribution < 1.29 is 14.0 Å². The molecule has 26 heavy (non-hydrogen) atoms. The van der Waals surface area contributed by atoms with Crippen molar-refractivity contribution in [1.82, 2.24) is 10.2 Å². The Hall–Kier alpha value is -1.92. The van der Waals surface area contributed by atoms with Gasteiger partial charge in [-0.25, -0.2) is 0 Å². The number of rotatable bonds is 5. The maximum absolute atomic E-state index is 12.4. The van der Waals surface area contributed by atoms with E-state index in [9.17, 15) is 9.59 Å². The number of thioether (sulfide) groups is 1. The lowest BCUT2D eigenvalue weighted by Crippen LogP contribution is -2.48. The fraction of sp³-hybridized carbons (Fsp3) is 0.368. The van der Waals surface area contributed by atoms with Gasteiger partial charge in [0.25, 0.3) is 5.91 Å². The molecular weight excluding hydrogens is 372 g/mol. The second-order valence-electron chi connectivity index (χ2n) is 6.30. The Labute approximate surface area is 162 Å². The lowest BCUT2D eigenvalue weighted by atomic mass is 10.0. The molecule has 1 aromatic carbocycles.